The van der Waals surface area contributed by atoms with E-state index in [9.17, 15) is 14.9 Å². The number of benzene rings is 2. The Hall–Kier alpha value is -3.33. The van der Waals surface area contributed by atoms with Gasteiger partial charge in [0.05, 0.1) is 12.2 Å². The summed E-state index contributed by atoms with van der Waals surface area (Å²) >= 11 is 0. The molecular formula is C21H21N3O3. The average Bonchev–Trinajstić information content (AvgIpc) is 2.84. The number of fused-ring (bicyclic) bond motifs is 1. The molecule has 3 rings (SSSR count). The number of anilines is 1. The lowest BCUT2D eigenvalue weighted by Gasteiger charge is -2.26. The highest BCUT2D eigenvalue weighted by atomic mass is 16.6. The van der Waals surface area contributed by atoms with E-state index < -0.39 is 23.1 Å². The van der Waals surface area contributed by atoms with Gasteiger partial charge in [-0.05, 0) is 32.4 Å². The number of rotatable bonds is 3. The van der Waals surface area contributed by atoms with Gasteiger partial charge in [-0.1, -0.05) is 48.5 Å². The van der Waals surface area contributed by atoms with Crippen LogP contribution in [0.3, 0.4) is 0 Å². The fraction of sp³-hybridized carbons (Fsp3) is 0.286. The Morgan fingerprint density at radius 3 is 2.41 bits per heavy atom. The molecule has 0 spiro atoms. The molecule has 6 nitrogen and oxygen atoms in total. The standard InChI is InChI=1S/C21H21N3O3/c1-20(2,3)27-19(26)23-21(14-22)16-11-7-8-12-17(16)24(18(21)25)13-15-9-5-4-6-10-15/h4-12H,13H2,1-3H3,(H,23,26)/t21-/m0/s1. The van der Waals surface area contributed by atoms with Crippen LogP contribution in [0.5, 0.6) is 0 Å². The first-order valence-corrected chi connectivity index (χ1v) is 8.65. The number of amides is 2. The number of hydrogen-bond acceptors (Lipinski definition) is 4. The summed E-state index contributed by atoms with van der Waals surface area (Å²) in [5, 5.41) is 12.4. The van der Waals surface area contributed by atoms with Gasteiger partial charge in [0.1, 0.15) is 11.7 Å². The van der Waals surface area contributed by atoms with Crippen molar-refractivity contribution in [3.8, 4) is 6.07 Å². The Kier molecular flexibility index (Phi) is 4.63. The Bertz CT molecular complexity index is 912. The van der Waals surface area contributed by atoms with Crippen LogP contribution in [0.15, 0.2) is 54.6 Å². The quantitative estimate of drug-likeness (QED) is 0.905. The van der Waals surface area contributed by atoms with Crippen LogP contribution in [-0.2, 0) is 21.6 Å². The number of ether oxygens (including phenoxy) is 1. The molecule has 0 unspecified atom stereocenters. The fourth-order valence-corrected chi connectivity index (χ4v) is 3.09. The maximum absolute atomic E-state index is 13.3. The number of nitrogens with one attached hydrogen (secondary N) is 1. The van der Waals surface area contributed by atoms with Gasteiger partial charge in [-0.3, -0.25) is 10.1 Å². The van der Waals surface area contributed by atoms with E-state index in [1.165, 1.54) is 4.90 Å². The van der Waals surface area contributed by atoms with Gasteiger partial charge >= 0.3 is 6.09 Å². The molecule has 0 fully saturated rings. The summed E-state index contributed by atoms with van der Waals surface area (Å²) in [7, 11) is 0. The summed E-state index contributed by atoms with van der Waals surface area (Å²) in [4.78, 5) is 27.1. The highest BCUT2D eigenvalue weighted by Gasteiger charge is 2.53. The third-order valence-electron chi connectivity index (χ3n) is 4.20. The number of hydrogen-bond donors (Lipinski definition) is 1. The summed E-state index contributed by atoms with van der Waals surface area (Å²) in [5.41, 5.74) is -0.589. The van der Waals surface area contributed by atoms with E-state index in [-0.39, 0.29) is 0 Å². The first kappa shape index (κ1) is 18.5. The van der Waals surface area contributed by atoms with Crippen molar-refractivity contribution in [2.75, 3.05) is 4.90 Å². The van der Waals surface area contributed by atoms with Crippen LogP contribution in [0, 0.1) is 11.3 Å². The summed E-state index contributed by atoms with van der Waals surface area (Å²) in [6.07, 6.45) is -0.811. The highest BCUT2D eigenvalue weighted by molar-refractivity contribution is 6.11. The van der Waals surface area contributed by atoms with Gasteiger partial charge in [0, 0.05) is 5.56 Å². The Morgan fingerprint density at radius 1 is 1.15 bits per heavy atom. The SMILES string of the molecule is CC(C)(C)OC(=O)N[C@]1(C#N)C(=O)N(Cc2ccccc2)c2ccccc21. The zero-order chi connectivity index (χ0) is 19.7. The zero-order valence-electron chi connectivity index (χ0n) is 15.5. The van der Waals surface area contributed by atoms with E-state index in [1.807, 2.05) is 36.4 Å². The smallest absolute Gasteiger partial charge is 0.409 e. The van der Waals surface area contributed by atoms with E-state index in [1.54, 1.807) is 45.0 Å². The third-order valence-corrected chi connectivity index (χ3v) is 4.20. The van der Waals surface area contributed by atoms with Gasteiger partial charge in [0.25, 0.3) is 5.91 Å². The fourth-order valence-electron chi connectivity index (χ4n) is 3.09. The average molecular weight is 363 g/mol. The number of carbonyl (C=O) groups is 2. The van der Waals surface area contributed by atoms with Crippen LogP contribution in [-0.4, -0.2) is 17.6 Å². The summed E-state index contributed by atoms with van der Waals surface area (Å²) in [5.74, 6) is -0.499. The second-order valence-corrected chi connectivity index (χ2v) is 7.38. The summed E-state index contributed by atoms with van der Waals surface area (Å²) in [6, 6.07) is 18.5. The molecule has 1 atom stereocenters. The number of para-hydroxylation sites is 1. The molecule has 27 heavy (non-hydrogen) atoms. The monoisotopic (exact) mass is 363 g/mol. The van der Waals surface area contributed by atoms with E-state index in [0.29, 0.717) is 17.8 Å². The van der Waals surface area contributed by atoms with Gasteiger partial charge in [-0.15, -0.1) is 0 Å². The normalized spacial score (nSPS) is 18.6. The maximum atomic E-state index is 13.3. The lowest BCUT2D eigenvalue weighted by atomic mass is 9.93. The predicted octanol–water partition coefficient (Wildman–Crippen LogP) is 3.48. The van der Waals surface area contributed by atoms with Crippen LogP contribution in [0.1, 0.15) is 31.9 Å². The minimum Gasteiger partial charge on any atom is -0.444 e. The van der Waals surface area contributed by atoms with Gasteiger partial charge in [0.15, 0.2) is 0 Å². The van der Waals surface area contributed by atoms with Gasteiger partial charge in [0.2, 0.25) is 5.54 Å². The molecule has 6 heteroatoms. The van der Waals surface area contributed by atoms with Crippen molar-refractivity contribution in [3.63, 3.8) is 0 Å². The molecule has 1 aliphatic rings. The highest BCUT2D eigenvalue weighted by Crippen LogP contribution is 2.41. The second-order valence-electron chi connectivity index (χ2n) is 7.38. The van der Waals surface area contributed by atoms with E-state index >= 15 is 0 Å². The molecule has 0 radical (unpaired) electrons. The second kappa shape index (κ2) is 6.76. The molecule has 0 aliphatic carbocycles. The van der Waals surface area contributed by atoms with Crippen LogP contribution in [0.4, 0.5) is 10.5 Å². The molecule has 0 saturated heterocycles. The predicted molar refractivity (Wildman–Crippen MR) is 101 cm³/mol. The summed E-state index contributed by atoms with van der Waals surface area (Å²) < 4.78 is 5.27. The molecule has 2 aromatic rings. The molecule has 0 bridgehead atoms. The van der Waals surface area contributed by atoms with Crippen molar-refractivity contribution in [3.05, 3.63) is 65.7 Å². The first-order chi connectivity index (χ1) is 12.8. The molecule has 0 aromatic heterocycles. The van der Waals surface area contributed by atoms with Crippen molar-refractivity contribution < 1.29 is 14.3 Å². The minimum atomic E-state index is -1.81. The lowest BCUT2D eigenvalue weighted by molar-refractivity contribution is -0.122. The lowest BCUT2D eigenvalue weighted by Crippen LogP contribution is -2.53. The Morgan fingerprint density at radius 2 is 1.78 bits per heavy atom. The number of carbonyl (C=O) groups excluding carboxylic acids is 2. The molecule has 2 aromatic carbocycles. The van der Waals surface area contributed by atoms with Crippen molar-refractivity contribution in [1.82, 2.24) is 5.32 Å². The molecular weight excluding hydrogens is 342 g/mol. The van der Waals surface area contributed by atoms with Gasteiger partial charge in [-0.2, -0.15) is 5.26 Å². The minimum absolute atomic E-state index is 0.302. The molecule has 138 valence electrons. The van der Waals surface area contributed by atoms with Crippen molar-refractivity contribution in [2.24, 2.45) is 0 Å². The van der Waals surface area contributed by atoms with E-state index in [2.05, 4.69) is 5.32 Å². The van der Waals surface area contributed by atoms with Crippen LogP contribution >= 0.6 is 0 Å². The number of alkyl carbamates (subject to hydrolysis) is 1. The van der Waals surface area contributed by atoms with Crippen molar-refractivity contribution >= 4 is 17.7 Å². The van der Waals surface area contributed by atoms with Crippen molar-refractivity contribution in [1.29, 1.82) is 5.26 Å². The molecule has 1 heterocycles. The van der Waals surface area contributed by atoms with Crippen LogP contribution in [0.25, 0.3) is 0 Å². The van der Waals surface area contributed by atoms with Gasteiger partial charge < -0.3 is 9.64 Å². The molecule has 2 amide bonds. The Labute approximate surface area is 158 Å². The third kappa shape index (κ3) is 3.49. The van der Waals surface area contributed by atoms with Gasteiger partial charge in [-0.25, -0.2) is 4.79 Å². The molecule has 1 aliphatic heterocycles. The molecule has 1 N–H and O–H groups in total. The molecule has 0 saturated carbocycles. The van der Waals surface area contributed by atoms with E-state index in [0.717, 1.165) is 5.56 Å². The van der Waals surface area contributed by atoms with Crippen molar-refractivity contribution in [2.45, 2.75) is 38.5 Å². The van der Waals surface area contributed by atoms with Crippen LogP contribution in [0.2, 0.25) is 0 Å². The largest absolute Gasteiger partial charge is 0.444 e. The Balaban J connectivity index is 1.99. The van der Waals surface area contributed by atoms with Crippen LogP contribution < -0.4 is 10.2 Å². The topological polar surface area (TPSA) is 82.4 Å². The zero-order valence-corrected chi connectivity index (χ0v) is 15.5. The number of nitrogens with zero attached hydrogens (tertiary/aromatic N) is 2. The first-order valence-electron chi connectivity index (χ1n) is 8.65. The summed E-state index contributed by atoms with van der Waals surface area (Å²) in [6.45, 7) is 5.46. The number of nitriles is 1. The maximum Gasteiger partial charge on any atom is 0.409 e. The van der Waals surface area contributed by atoms with E-state index in [4.69, 9.17) is 4.74 Å².